The van der Waals surface area contributed by atoms with Crippen molar-refractivity contribution in [3.8, 4) is 11.5 Å². The van der Waals surface area contributed by atoms with Crippen LogP contribution >= 0.6 is 11.6 Å². The van der Waals surface area contributed by atoms with Crippen LogP contribution in [0.5, 0.6) is 11.5 Å². The van der Waals surface area contributed by atoms with Crippen LogP contribution in [0.4, 0.5) is 0 Å². The van der Waals surface area contributed by atoms with E-state index in [0.717, 1.165) is 4.31 Å². The zero-order valence-corrected chi connectivity index (χ0v) is 16.9. The lowest BCUT2D eigenvalue weighted by molar-refractivity contribution is 0.0472. The van der Waals surface area contributed by atoms with Gasteiger partial charge in [0.05, 0.1) is 29.7 Å². The minimum Gasteiger partial charge on any atom is -0.493 e. The van der Waals surface area contributed by atoms with Crippen LogP contribution in [0, 0.1) is 0 Å². The molecule has 2 aromatic rings. The van der Waals surface area contributed by atoms with Crippen LogP contribution in [0.25, 0.3) is 0 Å². The summed E-state index contributed by atoms with van der Waals surface area (Å²) in [7, 11) is 2.13. The lowest BCUT2D eigenvalue weighted by atomic mass is 10.2. The highest BCUT2D eigenvalue weighted by Crippen LogP contribution is 2.28. The summed E-state index contributed by atoms with van der Waals surface area (Å²) >= 11 is 6.04. The second-order valence-electron chi connectivity index (χ2n) is 5.69. The van der Waals surface area contributed by atoms with Crippen LogP contribution in [0.3, 0.4) is 0 Å². The highest BCUT2D eigenvalue weighted by Gasteiger charge is 2.21. The van der Waals surface area contributed by atoms with E-state index in [0.29, 0.717) is 17.1 Å². The summed E-state index contributed by atoms with van der Waals surface area (Å²) in [6.07, 6.45) is 0. The van der Waals surface area contributed by atoms with E-state index >= 15 is 0 Å². The van der Waals surface area contributed by atoms with Crippen LogP contribution in [-0.2, 0) is 21.4 Å². The lowest BCUT2D eigenvalue weighted by Crippen LogP contribution is -2.22. The third-order valence-corrected chi connectivity index (χ3v) is 5.89. The van der Waals surface area contributed by atoms with E-state index in [1.807, 2.05) is 0 Å². The predicted molar refractivity (Wildman–Crippen MR) is 101 cm³/mol. The van der Waals surface area contributed by atoms with Gasteiger partial charge in [-0.3, -0.25) is 0 Å². The molecule has 9 heteroatoms. The highest BCUT2D eigenvalue weighted by atomic mass is 35.5. The summed E-state index contributed by atoms with van der Waals surface area (Å²) in [5, 5.41) is 0.102. The van der Waals surface area contributed by atoms with E-state index in [1.165, 1.54) is 46.5 Å². The van der Waals surface area contributed by atoms with Crippen LogP contribution in [0.15, 0.2) is 41.3 Å². The fraction of sp³-hybridized carbons (Fsp3) is 0.278. The first-order valence-electron chi connectivity index (χ1n) is 7.80. The molecule has 146 valence electrons. The third kappa shape index (κ3) is 4.71. The van der Waals surface area contributed by atoms with Gasteiger partial charge in [0, 0.05) is 14.1 Å². The molecule has 0 amide bonds. The van der Waals surface area contributed by atoms with Crippen molar-refractivity contribution in [3.05, 3.63) is 52.5 Å². The van der Waals surface area contributed by atoms with E-state index in [1.54, 1.807) is 18.2 Å². The summed E-state index contributed by atoms with van der Waals surface area (Å²) in [5.74, 6) is 0.325. The number of ether oxygens (including phenoxy) is 3. The average Bonchev–Trinajstić information content (AvgIpc) is 2.65. The second kappa shape index (κ2) is 8.60. The maximum atomic E-state index is 12.4. The number of halogens is 1. The standard InChI is InChI=1S/C18H20ClNO6S/c1-20(2)27(22,23)13-6-7-15(19)14(10-13)18(21)26-11-12-5-8-16(24-3)17(9-12)25-4/h5-10H,11H2,1-4H3. The molecule has 0 unspecified atom stereocenters. The van der Waals surface area contributed by atoms with Gasteiger partial charge in [-0.25, -0.2) is 17.5 Å². The largest absolute Gasteiger partial charge is 0.493 e. The number of carbonyl (C=O) groups excluding carboxylic acids is 1. The maximum absolute atomic E-state index is 12.4. The number of benzene rings is 2. The average molecular weight is 414 g/mol. The van der Waals surface area contributed by atoms with Crippen molar-refractivity contribution in [3.63, 3.8) is 0 Å². The summed E-state index contributed by atoms with van der Waals surface area (Å²) < 4.78 is 41.1. The first-order chi connectivity index (χ1) is 12.7. The molecule has 0 bridgehead atoms. The Morgan fingerprint density at radius 2 is 1.70 bits per heavy atom. The molecule has 0 fully saturated rings. The van der Waals surface area contributed by atoms with Gasteiger partial charge in [0.15, 0.2) is 11.5 Å². The molecule has 0 radical (unpaired) electrons. The molecule has 0 atom stereocenters. The molecule has 0 aliphatic heterocycles. The van der Waals surface area contributed by atoms with E-state index < -0.39 is 16.0 Å². The Morgan fingerprint density at radius 1 is 1.04 bits per heavy atom. The number of hydrogen-bond acceptors (Lipinski definition) is 6. The molecule has 2 aromatic carbocycles. The first-order valence-corrected chi connectivity index (χ1v) is 9.62. The Hall–Kier alpha value is -2.29. The van der Waals surface area contributed by atoms with Gasteiger partial charge in [0.1, 0.15) is 6.61 Å². The van der Waals surface area contributed by atoms with Crippen molar-refractivity contribution in [2.24, 2.45) is 0 Å². The number of rotatable bonds is 7. The Morgan fingerprint density at radius 3 is 2.30 bits per heavy atom. The van der Waals surface area contributed by atoms with Crippen LogP contribution in [0.1, 0.15) is 15.9 Å². The summed E-state index contributed by atoms with van der Waals surface area (Å²) in [4.78, 5) is 12.3. The van der Waals surface area contributed by atoms with Gasteiger partial charge in [-0.05, 0) is 35.9 Å². The number of nitrogens with zero attached hydrogens (tertiary/aromatic N) is 1. The molecule has 0 aliphatic carbocycles. The molecule has 27 heavy (non-hydrogen) atoms. The smallest absolute Gasteiger partial charge is 0.340 e. The van der Waals surface area contributed by atoms with E-state index in [2.05, 4.69) is 0 Å². The van der Waals surface area contributed by atoms with E-state index in [9.17, 15) is 13.2 Å². The minimum atomic E-state index is -3.70. The Labute approximate surface area is 163 Å². The Balaban J connectivity index is 2.21. The van der Waals surface area contributed by atoms with Crippen LogP contribution in [0.2, 0.25) is 5.02 Å². The van der Waals surface area contributed by atoms with Crippen LogP contribution in [-0.4, -0.2) is 47.0 Å². The van der Waals surface area contributed by atoms with Gasteiger partial charge < -0.3 is 14.2 Å². The number of carbonyl (C=O) groups is 1. The normalized spacial score (nSPS) is 11.3. The van der Waals surface area contributed by atoms with Gasteiger partial charge in [-0.2, -0.15) is 0 Å². The molecular weight excluding hydrogens is 394 g/mol. The van der Waals surface area contributed by atoms with Crippen molar-refractivity contribution in [1.29, 1.82) is 0 Å². The van der Waals surface area contributed by atoms with Gasteiger partial charge in [-0.1, -0.05) is 17.7 Å². The number of hydrogen-bond donors (Lipinski definition) is 0. The van der Waals surface area contributed by atoms with Gasteiger partial charge in [-0.15, -0.1) is 0 Å². The van der Waals surface area contributed by atoms with Crippen molar-refractivity contribution < 1.29 is 27.4 Å². The van der Waals surface area contributed by atoms with Crippen molar-refractivity contribution in [2.75, 3.05) is 28.3 Å². The molecule has 7 nitrogen and oxygen atoms in total. The monoisotopic (exact) mass is 413 g/mol. The zero-order valence-electron chi connectivity index (χ0n) is 15.4. The molecule has 0 aliphatic rings. The topological polar surface area (TPSA) is 82.1 Å². The first kappa shape index (κ1) is 21.0. The number of methoxy groups -OCH3 is 2. The summed E-state index contributed by atoms with van der Waals surface area (Å²) in [5.41, 5.74) is 0.647. The van der Waals surface area contributed by atoms with Crippen LogP contribution < -0.4 is 9.47 Å². The van der Waals surface area contributed by atoms with Gasteiger partial charge in [0.25, 0.3) is 0 Å². The Kier molecular flexibility index (Phi) is 6.69. The van der Waals surface area contributed by atoms with Crippen molar-refractivity contribution >= 4 is 27.6 Å². The van der Waals surface area contributed by atoms with E-state index in [4.69, 9.17) is 25.8 Å². The molecular formula is C18H20ClNO6S. The summed E-state index contributed by atoms with van der Waals surface area (Å²) in [6, 6.07) is 8.99. The van der Waals surface area contributed by atoms with Gasteiger partial charge in [0.2, 0.25) is 10.0 Å². The molecule has 0 heterocycles. The fourth-order valence-corrected chi connectivity index (χ4v) is 3.35. The van der Waals surface area contributed by atoms with E-state index in [-0.39, 0.29) is 22.1 Å². The molecule has 0 spiro atoms. The van der Waals surface area contributed by atoms with Crippen molar-refractivity contribution in [2.45, 2.75) is 11.5 Å². The Bertz CT molecular complexity index is 943. The van der Waals surface area contributed by atoms with Crippen molar-refractivity contribution in [1.82, 2.24) is 4.31 Å². The number of sulfonamides is 1. The molecule has 0 saturated heterocycles. The molecule has 0 aromatic heterocycles. The highest BCUT2D eigenvalue weighted by molar-refractivity contribution is 7.89. The second-order valence-corrected chi connectivity index (χ2v) is 8.25. The SMILES string of the molecule is COc1ccc(COC(=O)c2cc(S(=O)(=O)N(C)C)ccc2Cl)cc1OC. The molecule has 2 rings (SSSR count). The molecule has 0 N–H and O–H groups in total. The third-order valence-electron chi connectivity index (χ3n) is 3.75. The number of esters is 1. The van der Waals surface area contributed by atoms with Gasteiger partial charge >= 0.3 is 5.97 Å². The predicted octanol–water partition coefficient (Wildman–Crippen LogP) is 2.96. The summed E-state index contributed by atoms with van der Waals surface area (Å²) in [6.45, 7) is -0.0415. The zero-order chi connectivity index (χ0) is 20.2. The quantitative estimate of drug-likeness (QED) is 0.649. The fourth-order valence-electron chi connectivity index (χ4n) is 2.23. The lowest BCUT2D eigenvalue weighted by Gasteiger charge is -2.13. The minimum absolute atomic E-state index is 0.0277. The maximum Gasteiger partial charge on any atom is 0.340 e. The molecule has 0 saturated carbocycles.